The molecule has 0 saturated carbocycles. The lowest BCUT2D eigenvalue weighted by molar-refractivity contribution is -0.156. The van der Waals surface area contributed by atoms with Crippen molar-refractivity contribution in [1.82, 2.24) is 0 Å². The van der Waals surface area contributed by atoms with E-state index in [4.69, 9.17) is 9.47 Å². The predicted octanol–water partition coefficient (Wildman–Crippen LogP) is 13.9. The molecule has 0 aromatic heterocycles. The van der Waals surface area contributed by atoms with Gasteiger partial charge in [-0.05, 0) is 38.5 Å². The molecule has 0 aliphatic heterocycles. The zero-order valence-corrected chi connectivity index (χ0v) is 33.4. The molecule has 2 unspecified atom stereocenters. The first-order chi connectivity index (χ1) is 24.0. The van der Waals surface area contributed by atoms with Crippen molar-refractivity contribution < 1.29 is 24.2 Å². The second kappa shape index (κ2) is 39.7. The third-order valence-electron chi connectivity index (χ3n) is 10.2. The number of aliphatic hydroxyl groups excluding tert-OH is 1. The Labute approximate surface area is 306 Å². The van der Waals surface area contributed by atoms with Gasteiger partial charge in [-0.25, -0.2) is 0 Å². The number of ether oxygens (including phenoxy) is 2. The smallest absolute Gasteiger partial charge is 0.306 e. The lowest BCUT2D eigenvalue weighted by atomic mass is 9.99. The largest absolute Gasteiger partial charge is 0.466 e. The second-order valence-electron chi connectivity index (χ2n) is 15.1. The molecule has 5 heteroatoms. The summed E-state index contributed by atoms with van der Waals surface area (Å²) in [5.41, 5.74) is 0. The highest BCUT2D eigenvalue weighted by atomic mass is 16.6. The van der Waals surface area contributed by atoms with E-state index in [1.807, 2.05) is 0 Å². The van der Waals surface area contributed by atoms with Crippen LogP contribution in [0.3, 0.4) is 0 Å². The summed E-state index contributed by atoms with van der Waals surface area (Å²) in [6.07, 6.45) is 40.4. The SMILES string of the molecule is CCCCCCCCCCCCCCCCCC(=O)OC(CCCCCCCC)C(O)CCCCCCCC(=O)OCCCCCCCC. The van der Waals surface area contributed by atoms with Crippen LogP contribution in [0.4, 0.5) is 0 Å². The predicted molar refractivity (Wildman–Crippen MR) is 210 cm³/mol. The number of aliphatic hydroxyl groups is 1. The van der Waals surface area contributed by atoms with E-state index in [0.717, 1.165) is 77.0 Å². The minimum Gasteiger partial charge on any atom is -0.466 e. The Balaban J connectivity index is 4.07. The fourth-order valence-corrected chi connectivity index (χ4v) is 6.80. The first-order valence-electron chi connectivity index (χ1n) is 22.1. The monoisotopic (exact) mass is 695 g/mol. The van der Waals surface area contributed by atoms with Crippen LogP contribution in [0.2, 0.25) is 0 Å². The normalized spacial score (nSPS) is 12.7. The van der Waals surface area contributed by atoms with Gasteiger partial charge in [0.25, 0.3) is 0 Å². The van der Waals surface area contributed by atoms with Gasteiger partial charge in [0.2, 0.25) is 0 Å². The van der Waals surface area contributed by atoms with Gasteiger partial charge in [-0.15, -0.1) is 0 Å². The van der Waals surface area contributed by atoms with Gasteiger partial charge in [-0.1, -0.05) is 201 Å². The van der Waals surface area contributed by atoms with Gasteiger partial charge >= 0.3 is 11.9 Å². The molecule has 0 bridgehead atoms. The Bertz CT molecular complexity index is 680. The molecule has 0 amide bonds. The van der Waals surface area contributed by atoms with Crippen LogP contribution in [-0.4, -0.2) is 35.9 Å². The van der Waals surface area contributed by atoms with Crippen LogP contribution in [-0.2, 0) is 19.1 Å². The maximum absolute atomic E-state index is 12.7. The summed E-state index contributed by atoms with van der Waals surface area (Å²) in [6, 6.07) is 0. The van der Waals surface area contributed by atoms with Crippen molar-refractivity contribution in [2.45, 2.75) is 264 Å². The van der Waals surface area contributed by atoms with Crippen LogP contribution in [0.25, 0.3) is 0 Å². The molecule has 49 heavy (non-hydrogen) atoms. The summed E-state index contributed by atoms with van der Waals surface area (Å²) < 4.78 is 11.3. The van der Waals surface area contributed by atoms with Gasteiger partial charge in [0, 0.05) is 12.8 Å². The summed E-state index contributed by atoms with van der Waals surface area (Å²) in [5, 5.41) is 11.0. The van der Waals surface area contributed by atoms with Crippen LogP contribution < -0.4 is 0 Å². The Morgan fingerprint density at radius 2 is 0.735 bits per heavy atom. The Kier molecular flexibility index (Phi) is 38.8. The van der Waals surface area contributed by atoms with E-state index in [1.165, 1.54) is 135 Å². The van der Waals surface area contributed by atoms with E-state index < -0.39 is 6.10 Å². The van der Waals surface area contributed by atoms with E-state index in [0.29, 0.717) is 25.9 Å². The highest BCUT2D eigenvalue weighted by molar-refractivity contribution is 5.69. The van der Waals surface area contributed by atoms with Gasteiger partial charge in [-0.2, -0.15) is 0 Å². The fourth-order valence-electron chi connectivity index (χ4n) is 6.80. The standard InChI is InChI=1S/C44H86O5/c1-4-7-10-13-16-17-18-19-20-21-22-23-24-28-34-39-44(47)49-42(37-32-27-14-11-8-5-2)41(45)36-31-26-25-29-33-38-43(46)48-40-35-30-15-12-9-6-3/h41-42,45H,4-40H2,1-3H3. The molecule has 5 nitrogen and oxygen atoms in total. The van der Waals surface area contributed by atoms with Gasteiger partial charge < -0.3 is 14.6 Å². The fraction of sp³-hybridized carbons (Fsp3) is 0.955. The summed E-state index contributed by atoms with van der Waals surface area (Å²) in [6.45, 7) is 7.30. The van der Waals surface area contributed by atoms with Gasteiger partial charge in [0.15, 0.2) is 0 Å². The molecule has 0 aromatic rings. The van der Waals surface area contributed by atoms with E-state index in [2.05, 4.69) is 20.8 Å². The first kappa shape index (κ1) is 47.9. The minimum absolute atomic E-state index is 0.0623. The zero-order valence-electron chi connectivity index (χ0n) is 33.4. The van der Waals surface area contributed by atoms with E-state index >= 15 is 0 Å². The van der Waals surface area contributed by atoms with E-state index in [-0.39, 0.29) is 18.0 Å². The van der Waals surface area contributed by atoms with Gasteiger partial charge in [0.1, 0.15) is 6.10 Å². The van der Waals surface area contributed by atoms with Gasteiger partial charge in [-0.3, -0.25) is 9.59 Å². The van der Waals surface area contributed by atoms with Crippen LogP contribution >= 0.6 is 0 Å². The molecule has 0 radical (unpaired) electrons. The molecule has 0 spiro atoms. The Morgan fingerprint density at radius 1 is 0.408 bits per heavy atom. The van der Waals surface area contributed by atoms with Crippen molar-refractivity contribution in [1.29, 1.82) is 0 Å². The van der Waals surface area contributed by atoms with E-state index in [1.54, 1.807) is 0 Å². The molecule has 2 atom stereocenters. The third kappa shape index (κ3) is 36.5. The number of carbonyl (C=O) groups is 2. The lowest BCUT2D eigenvalue weighted by Crippen LogP contribution is -2.31. The third-order valence-corrected chi connectivity index (χ3v) is 10.2. The Morgan fingerprint density at radius 3 is 1.16 bits per heavy atom. The molecular weight excluding hydrogens is 608 g/mol. The molecule has 0 fully saturated rings. The maximum Gasteiger partial charge on any atom is 0.306 e. The molecular formula is C44H86O5. The molecule has 292 valence electrons. The Hall–Kier alpha value is -1.10. The first-order valence-corrected chi connectivity index (χ1v) is 22.1. The highest BCUT2D eigenvalue weighted by Crippen LogP contribution is 2.20. The number of unbranched alkanes of at least 4 members (excludes halogenated alkanes) is 28. The molecule has 0 aliphatic carbocycles. The van der Waals surface area contributed by atoms with Crippen molar-refractivity contribution in [2.24, 2.45) is 0 Å². The van der Waals surface area contributed by atoms with Crippen molar-refractivity contribution >= 4 is 11.9 Å². The maximum atomic E-state index is 12.7. The quantitative estimate of drug-likeness (QED) is 0.0510. The topological polar surface area (TPSA) is 72.8 Å². The van der Waals surface area contributed by atoms with Crippen LogP contribution in [0.15, 0.2) is 0 Å². The average Bonchev–Trinajstić information content (AvgIpc) is 3.10. The van der Waals surface area contributed by atoms with Crippen molar-refractivity contribution in [3.63, 3.8) is 0 Å². The molecule has 0 heterocycles. The number of hydrogen-bond acceptors (Lipinski definition) is 5. The van der Waals surface area contributed by atoms with Crippen molar-refractivity contribution in [3.05, 3.63) is 0 Å². The van der Waals surface area contributed by atoms with Crippen LogP contribution in [0.1, 0.15) is 252 Å². The molecule has 0 aromatic carbocycles. The van der Waals surface area contributed by atoms with Crippen LogP contribution in [0.5, 0.6) is 0 Å². The lowest BCUT2D eigenvalue weighted by Gasteiger charge is -2.23. The van der Waals surface area contributed by atoms with Crippen LogP contribution in [0, 0.1) is 0 Å². The summed E-state index contributed by atoms with van der Waals surface area (Å²) >= 11 is 0. The number of carbonyl (C=O) groups excluding carboxylic acids is 2. The highest BCUT2D eigenvalue weighted by Gasteiger charge is 2.22. The summed E-state index contributed by atoms with van der Waals surface area (Å²) in [7, 11) is 0. The molecule has 0 aliphatic rings. The summed E-state index contributed by atoms with van der Waals surface area (Å²) in [4.78, 5) is 24.7. The van der Waals surface area contributed by atoms with Crippen molar-refractivity contribution in [2.75, 3.05) is 6.61 Å². The minimum atomic E-state index is -0.586. The molecule has 0 saturated heterocycles. The molecule has 0 rings (SSSR count). The zero-order chi connectivity index (χ0) is 35.9. The second-order valence-corrected chi connectivity index (χ2v) is 15.1. The van der Waals surface area contributed by atoms with Crippen molar-refractivity contribution in [3.8, 4) is 0 Å². The number of rotatable bonds is 40. The molecule has 1 N–H and O–H groups in total. The van der Waals surface area contributed by atoms with E-state index in [9.17, 15) is 14.7 Å². The number of esters is 2. The number of hydrogen-bond donors (Lipinski definition) is 1. The van der Waals surface area contributed by atoms with Gasteiger partial charge in [0.05, 0.1) is 12.7 Å². The average molecular weight is 695 g/mol. The summed E-state index contributed by atoms with van der Waals surface area (Å²) in [5.74, 6) is -0.194.